The van der Waals surface area contributed by atoms with Crippen LogP contribution in [0.2, 0.25) is 0 Å². The molecule has 0 saturated carbocycles. The fraction of sp³-hybridized carbons (Fsp3) is 1.00. The Morgan fingerprint density at radius 2 is 2.27 bits per heavy atom. The molecule has 0 aromatic heterocycles. The molecule has 66 valence electrons. The van der Waals surface area contributed by atoms with Gasteiger partial charge in [0.15, 0.2) is 0 Å². The average molecular weight is 159 g/mol. The third-order valence-corrected chi connectivity index (χ3v) is 2.66. The molecular formula is C8H17NO2. The molecule has 1 fully saturated rings. The highest BCUT2D eigenvalue weighted by atomic mass is 16.5. The van der Waals surface area contributed by atoms with Crippen LogP contribution < -0.4 is 5.06 Å². The Bertz CT molecular complexity index is 127. The molecule has 0 aromatic carbocycles. The van der Waals surface area contributed by atoms with E-state index >= 15 is 0 Å². The van der Waals surface area contributed by atoms with Crippen LogP contribution in [0.25, 0.3) is 0 Å². The lowest BCUT2D eigenvalue weighted by atomic mass is 9.80. The number of hydroxylamine groups is 2. The van der Waals surface area contributed by atoms with Crippen molar-refractivity contribution in [1.29, 1.82) is 0 Å². The van der Waals surface area contributed by atoms with Gasteiger partial charge in [0, 0.05) is 13.0 Å². The minimum absolute atomic E-state index is 0.152. The minimum Gasteiger partial charge on any atom is -0.634 e. The van der Waals surface area contributed by atoms with Gasteiger partial charge in [-0.1, -0.05) is 13.8 Å². The Balaban J connectivity index is 2.35. The molecule has 0 spiro atoms. The first-order valence-electron chi connectivity index (χ1n) is 4.30. The molecular weight excluding hydrogens is 142 g/mol. The molecule has 3 unspecified atom stereocenters. The van der Waals surface area contributed by atoms with Gasteiger partial charge in [0.1, 0.15) is 0 Å². The van der Waals surface area contributed by atoms with Gasteiger partial charge in [-0.05, 0) is 5.92 Å². The van der Waals surface area contributed by atoms with E-state index in [4.69, 9.17) is 5.11 Å². The molecule has 1 heterocycles. The summed E-state index contributed by atoms with van der Waals surface area (Å²) >= 11 is 0. The van der Waals surface area contributed by atoms with E-state index in [9.17, 15) is 5.21 Å². The van der Waals surface area contributed by atoms with Gasteiger partial charge >= 0.3 is 0 Å². The van der Waals surface area contributed by atoms with E-state index in [0.29, 0.717) is 23.3 Å². The van der Waals surface area contributed by atoms with E-state index in [2.05, 4.69) is 13.8 Å². The van der Waals surface area contributed by atoms with Crippen LogP contribution in [0.5, 0.6) is 0 Å². The molecule has 11 heavy (non-hydrogen) atoms. The van der Waals surface area contributed by atoms with E-state index < -0.39 is 0 Å². The second kappa shape index (κ2) is 3.52. The first kappa shape index (κ1) is 8.97. The van der Waals surface area contributed by atoms with Crippen molar-refractivity contribution in [3.63, 3.8) is 0 Å². The zero-order valence-corrected chi connectivity index (χ0v) is 7.21. The summed E-state index contributed by atoms with van der Waals surface area (Å²) in [4.78, 5) is 0. The number of hydrogen-bond donors (Lipinski definition) is 2. The molecule has 0 aromatic rings. The summed E-state index contributed by atoms with van der Waals surface area (Å²) in [7, 11) is 0. The first-order valence-corrected chi connectivity index (χ1v) is 4.30. The lowest BCUT2D eigenvalue weighted by molar-refractivity contribution is -0.935. The molecule has 2 N–H and O–H groups in total. The van der Waals surface area contributed by atoms with Crippen LogP contribution in [0, 0.1) is 17.0 Å². The van der Waals surface area contributed by atoms with Gasteiger partial charge in [0.2, 0.25) is 0 Å². The second-order valence-electron chi connectivity index (χ2n) is 3.70. The zero-order valence-electron chi connectivity index (χ0n) is 7.21. The van der Waals surface area contributed by atoms with Gasteiger partial charge in [0.05, 0.1) is 18.5 Å². The van der Waals surface area contributed by atoms with E-state index in [-0.39, 0.29) is 12.6 Å². The molecule has 3 nitrogen and oxygen atoms in total. The molecule has 1 rings (SSSR count). The van der Waals surface area contributed by atoms with Gasteiger partial charge in [-0.15, -0.1) is 0 Å². The Morgan fingerprint density at radius 3 is 2.64 bits per heavy atom. The third-order valence-electron chi connectivity index (χ3n) is 2.66. The summed E-state index contributed by atoms with van der Waals surface area (Å²) in [6.45, 7) is 5.17. The van der Waals surface area contributed by atoms with E-state index in [1.165, 1.54) is 0 Å². The highest BCUT2D eigenvalue weighted by molar-refractivity contribution is 4.78. The number of aliphatic hydroxyl groups excluding tert-OH is 1. The van der Waals surface area contributed by atoms with Crippen LogP contribution in [0.3, 0.4) is 0 Å². The fourth-order valence-corrected chi connectivity index (χ4v) is 1.82. The van der Waals surface area contributed by atoms with Gasteiger partial charge < -0.3 is 15.4 Å². The fourth-order valence-electron chi connectivity index (χ4n) is 1.82. The molecule has 1 aliphatic rings. The zero-order chi connectivity index (χ0) is 8.43. The molecule has 0 aliphatic carbocycles. The lowest BCUT2D eigenvalue weighted by Gasteiger charge is -2.48. The monoisotopic (exact) mass is 159 g/mol. The van der Waals surface area contributed by atoms with Crippen molar-refractivity contribution >= 4 is 0 Å². The van der Waals surface area contributed by atoms with Gasteiger partial charge in [-0.3, -0.25) is 0 Å². The van der Waals surface area contributed by atoms with Crippen LogP contribution in [-0.2, 0) is 0 Å². The first-order chi connectivity index (χ1) is 5.16. The van der Waals surface area contributed by atoms with Crippen LogP contribution in [-0.4, -0.2) is 24.3 Å². The van der Waals surface area contributed by atoms with Crippen LogP contribution in [0.4, 0.5) is 0 Å². The van der Waals surface area contributed by atoms with E-state index in [0.717, 1.165) is 6.54 Å². The van der Waals surface area contributed by atoms with Crippen molar-refractivity contribution in [2.24, 2.45) is 11.8 Å². The largest absolute Gasteiger partial charge is 0.634 e. The SMILES string of the molecule is CC(C)C1C[NH+]([O-])C1CCO. The number of aliphatic hydroxyl groups is 1. The van der Waals surface area contributed by atoms with Gasteiger partial charge in [-0.2, -0.15) is 0 Å². The topological polar surface area (TPSA) is 47.7 Å². The van der Waals surface area contributed by atoms with Crippen molar-refractivity contribution in [2.75, 3.05) is 13.2 Å². The van der Waals surface area contributed by atoms with Crippen LogP contribution >= 0.6 is 0 Å². The predicted octanol–water partition coefficient (Wildman–Crippen LogP) is -0.594. The van der Waals surface area contributed by atoms with Gasteiger partial charge in [0.25, 0.3) is 0 Å². The number of hydrogen-bond acceptors (Lipinski definition) is 2. The maximum Gasteiger partial charge on any atom is 0.0979 e. The predicted molar refractivity (Wildman–Crippen MR) is 43.0 cm³/mol. The molecule has 0 bridgehead atoms. The Labute approximate surface area is 67.6 Å². The Morgan fingerprint density at radius 1 is 1.64 bits per heavy atom. The van der Waals surface area contributed by atoms with Crippen LogP contribution in [0.1, 0.15) is 20.3 Å². The molecule has 3 atom stereocenters. The summed E-state index contributed by atoms with van der Waals surface area (Å²) in [5, 5.41) is 20.0. The van der Waals surface area contributed by atoms with Crippen molar-refractivity contribution in [3.8, 4) is 0 Å². The molecule has 3 heteroatoms. The quantitative estimate of drug-likeness (QED) is 0.540. The average Bonchev–Trinajstić information content (AvgIpc) is 1.95. The van der Waals surface area contributed by atoms with Crippen molar-refractivity contribution < 1.29 is 10.2 Å². The third kappa shape index (κ3) is 1.72. The van der Waals surface area contributed by atoms with Crippen LogP contribution in [0.15, 0.2) is 0 Å². The van der Waals surface area contributed by atoms with Crippen molar-refractivity contribution in [1.82, 2.24) is 0 Å². The standard InChI is InChI=1S/C8H17NO2/c1-6(2)7-5-9(11)8(7)3-4-10/h6-10H,3-5H2,1-2H3. The Kier molecular flexibility index (Phi) is 2.87. The summed E-state index contributed by atoms with van der Waals surface area (Å²) in [6, 6.07) is 0.167. The number of quaternary nitrogens is 1. The summed E-state index contributed by atoms with van der Waals surface area (Å²) in [5.41, 5.74) is 0. The second-order valence-corrected chi connectivity index (χ2v) is 3.70. The minimum atomic E-state index is 0.152. The van der Waals surface area contributed by atoms with E-state index in [1.54, 1.807) is 0 Å². The highest BCUT2D eigenvalue weighted by Crippen LogP contribution is 2.19. The summed E-state index contributed by atoms with van der Waals surface area (Å²) < 4.78 is 0. The smallest absolute Gasteiger partial charge is 0.0979 e. The summed E-state index contributed by atoms with van der Waals surface area (Å²) in [6.07, 6.45) is 0.668. The number of rotatable bonds is 3. The maximum atomic E-state index is 11.0. The molecule has 0 radical (unpaired) electrons. The number of nitrogens with one attached hydrogen (secondary N) is 1. The normalized spacial score (nSPS) is 37.4. The van der Waals surface area contributed by atoms with E-state index in [1.807, 2.05) is 0 Å². The molecule has 1 aliphatic heterocycles. The lowest BCUT2D eigenvalue weighted by Crippen LogP contribution is -3.20. The highest BCUT2D eigenvalue weighted by Gasteiger charge is 2.40. The summed E-state index contributed by atoms with van der Waals surface area (Å²) in [5.74, 6) is 1.12. The Hall–Kier alpha value is -0.120. The molecule has 1 saturated heterocycles. The molecule has 0 amide bonds. The van der Waals surface area contributed by atoms with Crippen molar-refractivity contribution in [3.05, 3.63) is 5.21 Å². The maximum absolute atomic E-state index is 11.0. The van der Waals surface area contributed by atoms with Gasteiger partial charge in [-0.25, -0.2) is 0 Å². The van der Waals surface area contributed by atoms with Crippen molar-refractivity contribution in [2.45, 2.75) is 26.3 Å².